The molecule has 0 unspecified atom stereocenters. The zero-order valence-corrected chi connectivity index (χ0v) is 12.8. The Kier molecular flexibility index (Phi) is 3.43. The van der Waals surface area contributed by atoms with Crippen molar-refractivity contribution in [2.45, 2.75) is 74.2 Å². The monoisotopic (exact) mass is 304 g/mol. The lowest BCUT2D eigenvalue weighted by molar-refractivity contribution is -0.324. The van der Waals surface area contributed by atoms with Crippen LogP contribution < -0.4 is 0 Å². The molecule has 0 aromatic carbocycles. The first-order valence-electron chi connectivity index (χ1n) is 7.26. The van der Waals surface area contributed by atoms with E-state index in [9.17, 15) is 15.3 Å². The molecule has 3 heterocycles. The van der Waals surface area contributed by atoms with Crippen LogP contribution in [0.5, 0.6) is 0 Å². The molecule has 21 heavy (non-hydrogen) atoms. The normalized spacial score (nSPS) is 59.9. The predicted molar refractivity (Wildman–Crippen MR) is 70.6 cm³/mol. The molecule has 0 aromatic rings. The molecule has 0 aromatic heterocycles. The molecule has 0 amide bonds. The Hall–Kier alpha value is -0.280. The molecular weight excluding hydrogens is 280 g/mol. The van der Waals surface area contributed by atoms with E-state index in [1.807, 2.05) is 0 Å². The Morgan fingerprint density at radius 1 is 1.24 bits per heavy atom. The molecule has 3 saturated heterocycles. The van der Waals surface area contributed by atoms with E-state index in [1.54, 1.807) is 13.8 Å². The largest absolute Gasteiger partial charge is 0.387 e. The molecule has 3 aliphatic rings. The number of aliphatic hydroxyl groups is 3. The minimum atomic E-state index is -1.59. The van der Waals surface area contributed by atoms with E-state index in [0.29, 0.717) is 6.42 Å². The molecule has 0 spiro atoms. The highest BCUT2D eigenvalue weighted by Gasteiger charge is 2.80. The predicted octanol–water partition coefficient (Wildman–Crippen LogP) is -0.833. The number of hydrogen-bond acceptors (Lipinski definition) is 7. The van der Waals surface area contributed by atoms with E-state index in [-0.39, 0.29) is 6.42 Å². The van der Waals surface area contributed by atoms with Gasteiger partial charge in [-0.3, -0.25) is 0 Å². The molecule has 0 saturated carbocycles. The summed E-state index contributed by atoms with van der Waals surface area (Å²) in [4.78, 5) is 0. The van der Waals surface area contributed by atoms with E-state index in [1.165, 1.54) is 14.2 Å². The van der Waals surface area contributed by atoms with Crippen LogP contribution in [0.1, 0.15) is 26.7 Å². The molecule has 7 heteroatoms. The maximum atomic E-state index is 11.5. The summed E-state index contributed by atoms with van der Waals surface area (Å²) in [7, 11) is 3.00. The van der Waals surface area contributed by atoms with Crippen LogP contribution in [0.4, 0.5) is 0 Å². The highest BCUT2D eigenvalue weighted by molar-refractivity contribution is 5.29. The molecule has 3 rings (SSSR count). The van der Waals surface area contributed by atoms with Crippen LogP contribution in [0.3, 0.4) is 0 Å². The van der Waals surface area contributed by atoms with Gasteiger partial charge in [-0.2, -0.15) is 0 Å². The summed E-state index contributed by atoms with van der Waals surface area (Å²) in [6, 6.07) is 0. The van der Waals surface area contributed by atoms with Gasteiger partial charge < -0.3 is 34.3 Å². The van der Waals surface area contributed by atoms with Crippen molar-refractivity contribution in [1.82, 2.24) is 0 Å². The minimum absolute atomic E-state index is 0.0771. The number of fused-ring (bicyclic) bond motifs is 5. The zero-order valence-electron chi connectivity index (χ0n) is 12.8. The van der Waals surface area contributed by atoms with Crippen molar-refractivity contribution < 1.29 is 34.3 Å². The molecule has 7 nitrogen and oxygen atoms in total. The smallest absolute Gasteiger partial charge is 0.158 e. The van der Waals surface area contributed by atoms with Gasteiger partial charge in [0.2, 0.25) is 0 Å². The van der Waals surface area contributed by atoms with Gasteiger partial charge in [-0.15, -0.1) is 0 Å². The summed E-state index contributed by atoms with van der Waals surface area (Å²) in [5.74, 6) is 0. The zero-order chi connectivity index (χ0) is 15.6. The summed E-state index contributed by atoms with van der Waals surface area (Å²) in [6.45, 7) is 3.30. The van der Waals surface area contributed by atoms with E-state index in [2.05, 4.69) is 0 Å². The SMILES string of the molecule is CO[C@H]1C[C@@H]2O[C@](C)([C@H]1O)[C@@]1(O)[C@H](C)O[C@@H](O)C[C@@]21OC. The molecule has 122 valence electrons. The van der Waals surface area contributed by atoms with Gasteiger partial charge in [0.05, 0.1) is 18.3 Å². The first kappa shape index (κ1) is 15.6. The second kappa shape index (κ2) is 4.61. The number of rotatable bonds is 2. The number of methoxy groups -OCH3 is 2. The van der Waals surface area contributed by atoms with Crippen molar-refractivity contribution in [2.24, 2.45) is 0 Å². The van der Waals surface area contributed by atoms with Crippen LogP contribution in [0, 0.1) is 0 Å². The number of ether oxygens (including phenoxy) is 4. The van der Waals surface area contributed by atoms with E-state index in [4.69, 9.17) is 18.9 Å². The van der Waals surface area contributed by atoms with Crippen LogP contribution >= 0.6 is 0 Å². The van der Waals surface area contributed by atoms with Gasteiger partial charge in [0, 0.05) is 27.1 Å². The van der Waals surface area contributed by atoms with Crippen LogP contribution in [0.15, 0.2) is 0 Å². The second-order valence-corrected chi connectivity index (χ2v) is 6.47. The minimum Gasteiger partial charge on any atom is -0.387 e. The molecule has 0 radical (unpaired) electrons. The summed E-state index contributed by atoms with van der Waals surface area (Å²) >= 11 is 0. The standard InChI is InChI=1S/C14H24O7/c1-7-14(17)12(2)11(16)8(18-3)5-9(21-12)13(14,19-4)6-10(15)20-7/h7-11,15-17H,5-6H2,1-4H3/t7-,8-,9-,10+,11-,12+,13+,14-/m0/s1. The van der Waals surface area contributed by atoms with Crippen molar-refractivity contribution in [3.63, 3.8) is 0 Å². The van der Waals surface area contributed by atoms with E-state index < -0.39 is 47.5 Å². The fraction of sp³-hybridized carbons (Fsp3) is 1.00. The van der Waals surface area contributed by atoms with E-state index in [0.717, 1.165) is 0 Å². The Labute approximate surface area is 123 Å². The first-order valence-corrected chi connectivity index (χ1v) is 7.26. The molecule has 3 aliphatic heterocycles. The van der Waals surface area contributed by atoms with Crippen LogP contribution in [0.2, 0.25) is 0 Å². The van der Waals surface area contributed by atoms with Gasteiger partial charge in [0.1, 0.15) is 17.3 Å². The quantitative estimate of drug-likeness (QED) is 0.612. The fourth-order valence-electron chi connectivity index (χ4n) is 4.65. The topological polar surface area (TPSA) is 97.6 Å². The third-order valence-corrected chi connectivity index (χ3v) is 5.77. The first-order chi connectivity index (χ1) is 9.76. The van der Waals surface area contributed by atoms with Gasteiger partial charge in [-0.25, -0.2) is 0 Å². The van der Waals surface area contributed by atoms with Crippen molar-refractivity contribution in [3.8, 4) is 0 Å². The Morgan fingerprint density at radius 3 is 2.48 bits per heavy atom. The Balaban J connectivity index is 2.16. The lowest BCUT2D eigenvalue weighted by Crippen LogP contribution is -2.75. The number of aliphatic hydroxyl groups excluding tert-OH is 2. The van der Waals surface area contributed by atoms with Crippen molar-refractivity contribution in [2.75, 3.05) is 14.2 Å². The lowest BCUT2D eigenvalue weighted by atomic mass is 9.66. The maximum Gasteiger partial charge on any atom is 0.158 e. The summed E-state index contributed by atoms with van der Waals surface area (Å²) in [5.41, 5.74) is -4.04. The molecule has 3 N–H and O–H groups in total. The van der Waals surface area contributed by atoms with Crippen molar-refractivity contribution in [1.29, 1.82) is 0 Å². The highest BCUT2D eigenvalue weighted by Crippen LogP contribution is 2.60. The average molecular weight is 304 g/mol. The van der Waals surface area contributed by atoms with Gasteiger partial charge in [-0.05, 0) is 13.8 Å². The Morgan fingerprint density at radius 2 is 1.90 bits per heavy atom. The molecule has 2 bridgehead atoms. The van der Waals surface area contributed by atoms with Gasteiger partial charge in [-0.1, -0.05) is 0 Å². The fourth-order valence-corrected chi connectivity index (χ4v) is 4.65. The second-order valence-electron chi connectivity index (χ2n) is 6.47. The average Bonchev–Trinajstić information content (AvgIpc) is 2.61. The van der Waals surface area contributed by atoms with Crippen molar-refractivity contribution >= 4 is 0 Å². The van der Waals surface area contributed by atoms with E-state index >= 15 is 0 Å². The summed E-state index contributed by atoms with van der Waals surface area (Å²) in [6.07, 6.45) is -3.35. The summed E-state index contributed by atoms with van der Waals surface area (Å²) in [5, 5.41) is 32.1. The van der Waals surface area contributed by atoms with Crippen LogP contribution in [-0.4, -0.2) is 77.0 Å². The Bertz CT molecular complexity index is 432. The van der Waals surface area contributed by atoms with Gasteiger partial charge in [0.25, 0.3) is 0 Å². The van der Waals surface area contributed by atoms with Crippen LogP contribution in [0.25, 0.3) is 0 Å². The third-order valence-electron chi connectivity index (χ3n) is 5.77. The molecular formula is C14H24O7. The maximum absolute atomic E-state index is 11.5. The van der Waals surface area contributed by atoms with Gasteiger partial charge in [0.15, 0.2) is 11.9 Å². The van der Waals surface area contributed by atoms with Crippen molar-refractivity contribution in [3.05, 3.63) is 0 Å². The highest BCUT2D eigenvalue weighted by atomic mass is 16.7. The van der Waals surface area contributed by atoms with Gasteiger partial charge >= 0.3 is 0 Å². The van der Waals surface area contributed by atoms with Crippen LogP contribution in [-0.2, 0) is 18.9 Å². The lowest BCUT2D eigenvalue weighted by Gasteiger charge is -2.54. The molecule has 3 fully saturated rings. The number of hydrogen-bond donors (Lipinski definition) is 3. The molecule has 8 atom stereocenters. The third kappa shape index (κ3) is 1.57. The molecule has 0 aliphatic carbocycles. The summed E-state index contributed by atoms with van der Waals surface area (Å²) < 4.78 is 22.4.